The van der Waals surface area contributed by atoms with Crippen LogP contribution in [-0.2, 0) is 9.47 Å². The average molecular weight is 351 g/mol. The number of nitrogens with one attached hydrogen (secondary N) is 1. The Labute approximate surface area is 152 Å². The fourth-order valence-corrected chi connectivity index (χ4v) is 3.93. The molecule has 2 aliphatic heterocycles. The molecular formula is C21H21NO2S. The normalized spacial score (nSPS) is 19.6. The maximum Gasteiger partial charge on any atom is 0.267 e. The van der Waals surface area contributed by atoms with Crippen molar-refractivity contribution in [3.8, 4) is 0 Å². The topological polar surface area (TPSA) is 30.5 Å². The lowest BCUT2D eigenvalue weighted by molar-refractivity contribution is -0.0273. The summed E-state index contributed by atoms with van der Waals surface area (Å²) in [6.07, 6.45) is 4.72. The second-order valence-corrected chi connectivity index (χ2v) is 7.26. The standard InChI is InChI=1S/C21H21NO2S/c1-15-7-8-19(18(13-15)16-9-11-22-12-10-16)25-20-14-23-21(24-20)17-5-3-2-4-6-17/h2-9,13-14,21-22H,10-12H2,1H3. The molecule has 0 saturated carbocycles. The van der Waals surface area contributed by atoms with Crippen molar-refractivity contribution in [2.45, 2.75) is 24.5 Å². The number of hydrogen-bond acceptors (Lipinski definition) is 4. The molecule has 0 fully saturated rings. The van der Waals surface area contributed by atoms with Gasteiger partial charge in [-0.25, -0.2) is 0 Å². The summed E-state index contributed by atoms with van der Waals surface area (Å²) in [5.41, 5.74) is 5.02. The Balaban J connectivity index is 1.53. The van der Waals surface area contributed by atoms with Crippen molar-refractivity contribution < 1.29 is 9.47 Å². The highest BCUT2D eigenvalue weighted by Crippen LogP contribution is 2.41. The van der Waals surface area contributed by atoms with Gasteiger partial charge in [0.1, 0.15) is 6.26 Å². The summed E-state index contributed by atoms with van der Waals surface area (Å²) in [4.78, 5) is 1.21. The number of aryl methyl sites for hydroxylation is 1. The lowest BCUT2D eigenvalue weighted by atomic mass is 9.99. The van der Waals surface area contributed by atoms with Crippen LogP contribution in [0.2, 0.25) is 0 Å². The quantitative estimate of drug-likeness (QED) is 0.839. The molecule has 4 rings (SSSR count). The van der Waals surface area contributed by atoms with Crippen molar-refractivity contribution in [3.63, 3.8) is 0 Å². The van der Waals surface area contributed by atoms with Gasteiger partial charge >= 0.3 is 0 Å². The minimum Gasteiger partial charge on any atom is -0.454 e. The van der Waals surface area contributed by atoms with Gasteiger partial charge < -0.3 is 14.8 Å². The van der Waals surface area contributed by atoms with Crippen molar-refractivity contribution in [1.82, 2.24) is 5.32 Å². The molecule has 0 amide bonds. The van der Waals surface area contributed by atoms with E-state index < -0.39 is 0 Å². The summed E-state index contributed by atoms with van der Waals surface area (Å²) in [5, 5.41) is 4.18. The van der Waals surface area contributed by atoms with Crippen LogP contribution in [0.25, 0.3) is 5.57 Å². The first-order valence-electron chi connectivity index (χ1n) is 8.55. The molecule has 0 aliphatic carbocycles. The van der Waals surface area contributed by atoms with Crippen molar-refractivity contribution in [2.75, 3.05) is 13.1 Å². The highest BCUT2D eigenvalue weighted by Gasteiger charge is 2.23. The number of thioether (sulfide) groups is 1. The summed E-state index contributed by atoms with van der Waals surface area (Å²) in [6, 6.07) is 16.6. The van der Waals surface area contributed by atoms with Gasteiger partial charge in [-0.3, -0.25) is 0 Å². The molecule has 0 bridgehead atoms. The molecule has 2 heterocycles. The predicted molar refractivity (Wildman–Crippen MR) is 102 cm³/mol. The zero-order chi connectivity index (χ0) is 17.1. The Morgan fingerprint density at radius 1 is 1.12 bits per heavy atom. The summed E-state index contributed by atoms with van der Waals surface area (Å²) in [5.74, 6) is 0. The van der Waals surface area contributed by atoms with E-state index in [4.69, 9.17) is 9.47 Å². The molecule has 25 heavy (non-hydrogen) atoms. The van der Waals surface area contributed by atoms with Crippen molar-refractivity contribution in [1.29, 1.82) is 0 Å². The van der Waals surface area contributed by atoms with Crippen LogP contribution in [0.5, 0.6) is 0 Å². The first-order chi connectivity index (χ1) is 12.3. The molecule has 1 unspecified atom stereocenters. The Bertz CT molecular complexity index is 814. The molecule has 2 aromatic carbocycles. The SMILES string of the molecule is Cc1ccc(SC2=COC(c3ccccc3)O2)c(C2=CCNCC2)c1. The monoisotopic (exact) mass is 351 g/mol. The molecule has 0 aromatic heterocycles. The van der Waals surface area contributed by atoms with Crippen molar-refractivity contribution in [3.05, 3.63) is 82.7 Å². The molecular weight excluding hydrogens is 330 g/mol. The smallest absolute Gasteiger partial charge is 0.267 e. The number of benzene rings is 2. The minimum atomic E-state index is -0.351. The van der Waals surface area contributed by atoms with Crippen LogP contribution in [0.3, 0.4) is 0 Å². The van der Waals surface area contributed by atoms with Gasteiger partial charge in [-0.15, -0.1) is 0 Å². The minimum absolute atomic E-state index is 0.351. The molecule has 0 radical (unpaired) electrons. The molecule has 2 aliphatic rings. The second kappa shape index (κ2) is 7.38. The van der Waals surface area contributed by atoms with E-state index in [0.29, 0.717) is 0 Å². The molecule has 2 aromatic rings. The molecule has 128 valence electrons. The van der Waals surface area contributed by atoms with Gasteiger partial charge in [0.25, 0.3) is 6.29 Å². The van der Waals surface area contributed by atoms with Crippen LogP contribution in [0, 0.1) is 6.92 Å². The summed E-state index contributed by atoms with van der Waals surface area (Å²) in [7, 11) is 0. The molecule has 3 nitrogen and oxygen atoms in total. The number of rotatable bonds is 4. The largest absolute Gasteiger partial charge is 0.454 e. The van der Waals surface area contributed by atoms with E-state index >= 15 is 0 Å². The van der Waals surface area contributed by atoms with E-state index in [-0.39, 0.29) is 6.29 Å². The molecule has 0 spiro atoms. The zero-order valence-electron chi connectivity index (χ0n) is 14.2. The van der Waals surface area contributed by atoms with Gasteiger partial charge in [0.15, 0.2) is 5.09 Å². The van der Waals surface area contributed by atoms with Gasteiger partial charge in [-0.1, -0.05) is 54.1 Å². The predicted octanol–water partition coefficient (Wildman–Crippen LogP) is 5.01. The first-order valence-corrected chi connectivity index (χ1v) is 9.37. The van der Waals surface area contributed by atoms with Crippen LogP contribution < -0.4 is 5.32 Å². The van der Waals surface area contributed by atoms with E-state index in [2.05, 4.69) is 36.5 Å². The summed E-state index contributed by atoms with van der Waals surface area (Å²) < 4.78 is 11.7. The molecule has 4 heteroatoms. The number of hydrogen-bond donors (Lipinski definition) is 1. The Kier molecular flexibility index (Phi) is 4.81. The van der Waals surface area contributed by atoms with Gasteiger partial charge in [-0.2, -0.15) is 0 Å². The molecule has 1 atom stereocenters. The average Bonchev–Trinajstić information content (AvgIpc) is 3.13. The number of ether oxygens (including phenoxy) is 2. The zero-order valence-corrected chi connectivity index (χ0v) is 15.0. The Morgan fingerprint density at radius 3 is 2.80 bits per heavy atom. The van der Waals surface area contributed by atoms with Crippen LogP contribution in [0.4, 0.5) is 0 Å². The fourth-order valence-electron chi connectivity index (χ4n) is 3.04. The summed E-state index contributed by atoms with van der Waals surface area (Å²) >= 11 is 1.63. The van der Waals surface area contributed by atoms with Crippen molar-refractivity contribution >= 4 is 17.3 Å². The van der Waals surface area contributed by atoms with E-state index in [1.54, 1.807) is 18.0 Å². The van der Waals surface area contributed by atoms with Crippen molar-refractivity contribution in [2.24, 2.45) is 0 Å². The van der Waals surface area contributed by atoms with E-state index in [1.807, 2.05) is 30.3 Å². The molecule has 1 N–H and O–H groups in total. The summed E-state index contributed by atoms with van der Waals surface area (Å²) in [6.45, 7) is 4.10. The van der Waals surface area contributed by atoms with E-state index in [9.17, 15) is 0 Å². The van der Waals surface area contributed by atoms with Crippen LogP contribution >= 0.6 is 11.8 Å². The lowest BCUT2D eigenvalue weighted by Gasteiger charge is -2.18. The van der Waals surface area contributed by atoms with Gasteiger partial charge in [0.2, 0.25) is 0 Å². The fraction of sp³-hybridized carbons (Fsp3) is 0.238. The van der Waals surface area contributed by atoms with Gasteiger partial charge in [-0.05, 0) is 48.9 Å². The van der Waals surface area contributed by atoms with Crippen LogP contribution in [-0.4, -0.2) is 13.1 Å². The first kappa shape index (κ1) is 16.3. The van der Waals surface area contributed by atoms with Gasteiger partial charge in [0, 0.05) is 17.0 Å². The third-order valence-corrected chi connectivity index (χ3v) is 5.31. The lowest BCUT2D eigenvalue weighted by Crippen LogP contribution is -2.20. The van der Waals surface area contributed by atoms with Crippen LogP contribution in [0.15, 0.2) is 70.9 Å². The van der Waals surface area contributed by atoms with E-state index in [0.717, 1.165) is 30.2 Å². The Morgan fingerprint density at radius 2 is 2.00 bits per heavy atom. The van der Waals surface area contributed by atoms with Gasteiger partial charge in [0.05, 0.1) is 0 Å². The molecule has 0 saturated heterocycles. The maximum atomic E-state index is 5.99. The third kappa shape index (κ3) is 3.75. The van der Waals surface area contributed by atoms with E-state index in [1.165, 1.54) is 21.6 Å². The highest BCUT2D eigenvalue weighted by atomic mass is 32.2. The van der Waals surface area contributed by atoms with Crippen LogP contribution in [0.1, 0.15) is 29.4 Å². The Hall–Kier alpha value is -2.17. The highest BCUT2D eigenvalue weighted by molar-refractivity contribution is 8.03. The second-order valence-electron chi connectivity index (χ2n) is 6.22. The maximum absolute atomic E-state index is 5.99. The third-order valence-electron chi connectivity index (χ3n) is 4.34.